The van der Waals surface area contributed by atoms with Crippen LogP contribution in [-0.4, -0.2) is 37.4 Å². The zero-order chi connectivity index (χ0) is 21.5. The molecule has 1 N–H and O–H groups in total. The van der Waals surface area contributed by atoms with Crippen molar-refractivity contribution in [3.05, 3.63) is 83.9 Å². The van der Waals surface area contributed by atoms with Crippen LogP contribution in [0.4, 0.5) is 5.69 Å². The first-order chi connectivity index (χ1) is 14.4. The molecule has 0 saturated heterocycles. The monoisotopic (exact) mass is 404 g/mol. The molecule has 6 heteroatoms. The Hall–Kier alpha value is -3.80. The Morgan fingerprint density at radius 1 is 0.900 bits per heavy atom. The Kier molecular flexibility index (Phi) is 6.70. The van der Waals surface area contributed by atoms with E-state index in [1.807, 2.05) is 43.3 Å². The summed E-state index contributed by atoms with van der Waals surface area (Å²) >= 11 is 0. The van der Waals surface area contributed by atoms with E-state index in [9.17, 15) is 9.59 Å². The molecule has 154 valence electrons. The van der Waals surface area contributed by atoms with Gasteiger partial charge in [-0.1, -0.05) is 30.3 Å². The molecule has 0 heterocycles. The van der Waals surface area contributed by atoms with E-state index in [4.69, 9.17) is 9.47 Å². The number of likely N-dealkylation sites (N-methyl/N-ethyl adjacent to an activating group) is 1. The number of carbonyl (C=O) groups excluding carboxylic acids is 2. The van der Waals surface area contributed by atoms with E-state index in [1.165, 1.54) is 4.90 Å². The average molecular weight is 404 g/mol. The van der Waals surface area contributed by atoms with Crippen LogP contribution in [0.5, 0.6) is 17.2 Å². The third kappa shape index (κ3) is 5.61. The summed E-state index contributed by atoms with van der Waals surface area (Å²) in [5, 5.41) is 2.88. The van der Waals surface area contributed by atoms with E-state index < -0.39 is 0 Å². The predicted molar refractivity (Wildman–Crippen MR) is 116 cm³/mol. The summed E-state index contributed by atoms with van der Waals surface area (Å²) in [6, 6.07) is 21.6. The van der Waals surface area contributed by atoms with Gasteiger partial charge in [0.05, 0.1) is 5.69 Å². The minimum atomic E-state index is -0.306. The van der Waals surface area contributed by atoms with Gasteiger partial charge in [0.15, 0.2) is 12.4 Å². The smallest absolute Gasteiger partial charge is 0.259 e. The summed E-state index contributed by atoms with van der Waals surface area (Å²) in [6.07, 6.45) is 0. The molecular formula is C24H24N2O4. The number of hydrogen-bond acceptors (Lipinski definition) is 4. The standard InChI is InChI=1S/C24H24N2O4/c1-17-8-6-11-20(14-17)30-22-13-5-4-12-21(22)25-24(28)18-9-7-10-19(15-18)29-16-23(27)26(2)3/h4-15H,16H2,1-3H3,(H,25,28). The van der Waals surface area contributed by atoms with Gasteiger partial charge in [-0.2, -0.15) is 0 Å². The van der Waals surface area contributed by atoms with Gasteiger partial charge in [0.2, 0.25) is 0 Å². The number of amides is 2. The van der Waals surface area contributed by atoms with Crippen LogP contribution in [0, 0.1) is 6.92 Å². The zero-order valence-electron chi connectivity index (χ0n) is 17.2. The maximum Gasteiger partial charge on any atom is 0.259 e. The number of nitrogens with one attached hydrogen (secondary N) is 1. The van der Waals surface area contributed by atoms with Crippen molar-refractivity contribution in [3.63, 3.8) is 0 Å². The van der Waals surface area contributed by atoms with Gasteiger partial charge in [-0.3, -0.25) is 9.59 Å². The minimum absolute atomic E-state index is 0.0920. The fourth-order valence-electron chi connectivity index (χ4n) is 2.66. The van der Waals surface area contributed by atoms with E-state index in [1.54, 1.807) is 50.5 Å². The number of para-hydroxylation sites is 2. The molecule has 0 fully saturated rings. The molecule has 0 spiro atoms. The van der Waals surface area contributed by atoms with Crippen molar-refractivity contribution in [2.45, 2.75) is 6.92 Å². The molecule has 0 saturated carbocycles. The Morgan fingerprint density at radius 2 is 1.63 bits per heavy atom. The summed E-state index contributed by atoms with van der Waals surface area (Å²) in [5.74, 6) is 1.21. The largest absolute Gasteiger partial charge is 0.484 e. The van der Waals surface area contributed by atoms with Crippen LogP contribution in [-0.2, 0) is 4.79 Å². The lowest BCUT2D eigenvalue weighted by atomic mass is 10.2. The van der Waals surface area contributed by atoms with Gasteiger partial charge < -0.3 is 19.7 Å². The summed E-state index contributed by atoms with van der Waals surface area (Å²) in [7, 11) is 3.32. The molecule has 0 aliphatic carbocycles. The van der Waals surface area contributed by atoms with E-state index in [0.29, 0.717) is 28.5 Å². The Bertz CT molecular complexity index is 1050. The number of carbonyl (C=O) groups is 2. The number of benzene rings is 3. The van der Waals surface area contributed by atoms with Crippen LogP contribution < -0.4 is 14.8 Å². The first kappa shape index (κ1) is 20.9. The van der Waals surface area contributed by atoms with Crippen LogP contribution in [0.3, 0.4) is 0 Å². The molecule has 2 amide bonds. The van der Waals surface area contributed by atoms with Gasteiger partial charge in [0.25, 0.3) is 11.8 Å². The van der Waals surface area contributed by atoms with Gasteiger partial charge in [-0.25, -0.2) is 0 Å². The molecule has 3 aromatic carbocycles. The van der Waals surface area contributed by atoms with Gasteiger partial charge in [0.1, 0.15) is 11.5 Å². The van der Waals surface area contributed by atoms with Crippen LogP contribution >= 0.6 is 0 Å². The lowest BCUT2D eigenvalue weighted by Gasteiger charge is -2.14. The molecule has 0 aliphatic rings. The van der Waals surface area contributed by atoms with Crippen molar-refractivity contribution in [2.75, 3.05) is 26.0 Å². The third-order valence-corrected chi connectivity index (χ3v) is 4.31. The number of anilines is 1. The quantitative estimate of drug-likeness (QED) is 0.629. The molecule has 0 unspecified atom stereocenters. The van der Waals surface area contributed by atoms with Crippen LogP contribution in [0.25, 0.3) is 0 Å². The normalized spacial score (nSPS) is 10.2. The molecule has 0 bridgehead atoms. The van der Waals surface area contributed by atoms with Crippen LogP contribution in [0.2, 0.25) is 0 Å². The maximum absolute atomic E-state index is 12.8. The molecule has 6 nitrogen and oxygen atoms in total. The van der Waals surface area contributed by atoms with Crippen molar-refractivity contribution >= 4 is 17.5 Å². The van der Waals surface area contributed by atoms with Gasteiger partial charge >= 0.3 is 0 Å². The number of ether oxygens (including phenoxy) is 2. The molecule has 0 atom stereocenters. The fraction of sp³-hybridized carbons (Fsp3) is 0.167. The van der Waals surface area contributed by atoms with E-state index in [0.717, 1.165) is 5.56 Å². The Labute approximate surface area is 176 Å². The lowest BCUT2D eigenvalue weighted by molar-refractivity contribution is -0.130. The Morgan fingerprint density at radius 3 is 2.40 bits per heavy atom. The average Bonchev–Trinajstić information content (AvgIpc) is 2.73. The molecular weight excluding hydrogens is 380 g/mol. The van der Waals surface area contributed by atoms with E-state index in [2.05, 4.69) is 5.32 Å². The minimum Gasteiger partial charge on any atom is -0.484 e. The van der Waals surface area contributed by atoms with Crippen molar-refractivity contribution < 1.29 is 19.1 Å². The van der Waals surface area contributed by atoms with Crippen molar-refractivity contribution in [1.82, 2.24) is 4.90 Å². The number of nitrogens with zero attached hydrogens (tertiary/aromatic N) is 1. The van der Waals surface area contributed by atoms with E-state index >= 15 is 0 Å². The summed E-state index contributed by atoms with van der Waals surface area (Å²) in [4.78, 5) is 25.9. The highest BCUT2D eigenvalue weighted by Crippen LogP contribution is 2.30. The first-order valence-electron chi connectivity index (χ1n) is 9.50. The maximum atomic E-state index is 12.8. The third-order valence-electron chi connectivity index (χ3n) is 4.31. The molecule has 0 aliphatic heterocycles. The molecule has 3 aromatic rings. The number of aryl methyl sites for hydroxylation is 1. The highest BCUT2D eigenvalue weighted by molar-refractivity contribution is 6.05. The second-order valence-corrected chi connectivity index (χ2v) is 6.97. The molecule has 3 rings (SSSR count). The summed E-state index contributed by atoms with van der Waals surface area (Å²) in [5.41, 5.74) is 2.05. The second-order valence-electron chi connectivity index (χ2n) is 6.97. The lowest BCUT2D eigenvalue weighted by Crippen LogP contribution is -2.27. The number of hydrogen-bond donors (Lipinski definition) is 1. The summed E-state index contributed by atoms with van der Waals surface area (Å²) in [6.45, 7) is 1.90. The van der Waals surface area contributed by atoms with Crippen molar-refractivity contribution in [1.29, 1.82) is 0 Å². The first-order valence-corrected chi connectivity index (χ1v) is 9.50. The van der Waals surface area contributed by atoms with Crippen molar-refractivity contribution in [3.8, 4) is 17.2 Å². The van der Waals surface area contributed by atoms with Gasteiger partial charge in [-0.15, -0.1) is 0 Å². The van der Waals surface area contributed by atoms with Gasteiger partial charge in [0, 0.05) is 19.7 Å². The summed E-state index contributed by atoms with van der Waals surface area (Å²) < 4.78 is 11.4. The highest BCUT2D eigenvalue weighted by atomic mass is 16.5. The van der Waals surface area contributed by atoms with Gasteiger partial charge in [-0.05, 0) is 55.0 Å². The van der Waals surface area contributed by atoms with Crippen LogP contribution in [0.15, 0.2) is 72.8 Å². The molecule has 0 aromatic heterocycles. The number of rotatable bonds is 7. The fourth-order valence-corrected chi connectivity index (χ4v) is 2.66. The topological polar surface area (TPSA) is 67.9 Å². The predicted octanol–water partition coefficient (Wildman–Crippen LogP) is 4.51. The van der Waals surface area contributed by atoms with Crippen molar-refractivity contribution in [2.24, 2.45) is 0 Å². The second kappa shape index (κ2) is 9.60. The van der Waals surface area contributed by atoms with Crippen LogP contribution in [0.1, 0.15) is 15.9 Å². The van der Waals surface area contributed by atoms with E-state index in [-0.39, 0.29) is 18.4 Å². The molecule has 30 heavy (non-hydrogen) atoms. The Balaban J connectivity index is 1.72. The SMILES string of the molecule is Cc1cccc(Oc2ccccc2NC(=O)c2cccc(OCC(=O)N(C)C)c2)c1. The zero-order valence-corrected chi connectivity index (χ0v) is 17.2. The highest BCUT2D eigenvalue weighted by Gasteiger charge is 2.12. The molecule has 0 radical (unpaired) electrons.